The number of methoxy groups -OCH3 is 1. The molecule has 1 aromatic heterocycles. The molecule has 1 saturated heterocycles. The Bertz CT molecular complexity index is 328. The molecule has 0 saturated carbocycles. The monoisotopic (exact) mass is 266 g/mol. The van der Waals surface area contributed by atoms with Crippen LogP contribution in [0.5, 0.6) is 0 Å². The van der Waals surface area contributed by atoms with Crippen LogP contribution in [-0.4, -0.2) is 61.1 Å². The fourth-order valence-corrected chi connectivity index (χ4v) is 2.68. The van der Waals surface area contributed by atoms with Crippen molar-refractivity contribution in [3.63, 3.8) is 0 Å². The molecular weight excluding hydrogens is 240 g/mol. The maximum Gasteiger partial charge on any atom is 0.0587 e. The summed E-state index contributed by atoms with van der Waals surface area (Å²) in [5.74, 6) is 0.781. The minimum atomic E-state index is 0.781. The molecule has 108 valence electrons. The summed E-state index contributed by atoms with van der Waals surface area (Å²) in [5, 5.41) is 7.73. The van der Waals surface area contributed by atoms with Gasteiger partial charge in [-0.25, -0.2) is 0 Å². The number of nitrogens with zero attached hydrogens (tertiary/aromatic N) is 3. The van der Waals surface area contributed by atoms with Crippen LogP contribution in [0.25, 0.3) is 0 Å². The van der Waals surface area contributed by atoms with Crippen LogP contribution in [0, 0.1) is 5.92 Å². The molecule has 0 amide bonds. The molecule has 5 heteroatoms. The Morgan fingerprint density at radius 1 is 1.42 bits per heavy atom. The van der Waals surface area contributed by atoms with Crippen LogP contribution >= 0.6 is 0 Å². The second-order valence-electron chi connectivity index (χ2n) is 5.27. The summed E-state index contributed by atoms with van der Waals surface area (Å²) in [4.78, 5) is 2.56. The molecule has 2 rings (SSSR count). The van der Waals surface area contributed by atoms with E-state index in [1.165, 1.54) is 25.9 Å². The summed E-state index contributed by atoms with van der Waals surface area (Å²) in [7, 11) is 1.75. The molecule has 19 heavy (non-hydrogen) atoms. The molecule has 0 bridgehead atoms. The molecule has 1 aliphatic heterocycles. The molecule has 1 aliphatic rings. The van der Waals surface area contributed by atoms with Crippen molar-refractivity contribution >= 4 is 0 Å². The molecule has 0 radical (unpaired) electrons. The largest absolute Gasteiger partial charge is 0.383 e. The lowest BCUT2D eigenvalue weighted by Gasteiger charge is -2.32. The molecule has 2 heterocycles. The minimum Gasteiger partial charge on any atom is -0.383 e. The van der Waals surface area contributed by atoms with Crippen molar-refractivity contribution in [2.24, 2.45) is 5.92 Å². The van der Waals surface area contributed by atoms with Gasteiger partial charge in [0.25, 0.3) is 0 Å². The summed E-state index contributed by atoms with van der Waals surface area (Å²) < 4.78 is 7.06. The number of aromatic nitrogens is 2. The highest BCUT2D eigenvalue weighted by atomic mass is 16.5. The van der Waals surface area contributed by atoms with Crippen molar-refractivity contribution < 1.29 is 4.74 Å². The Morgan fingerprint density at radius 2 is 2.37 bits per heavy atom. The van der Waals surface area contributed by atoms with Crippen molar-refractivity contribution in [3.05, 3.63) is 18.5 Å². The zero-order valence-electron chi connectivity index (χ0n) is 11.9. The first-order valence-corrected chi connectivity index (χ1v) is 7.28. The Hall–Kier alpha value is -0.910. The first-order valence-electron chi connectivity index (χ1n) is 7.28. The quantitative estimate of drug-likeness (QED) is 0.708. The SMILES string of the molecule is COCCNCC1CCCN(CCn2cccn2)C1. The van der Waals surface area contributed by atoms with Gasteiger partial charge in [0.2, 0.25) is 0 Å². The van der Waals surface area contributed by atoms with Gasteiger partial charge < -0.3 is 15.0 Å². The third-order valence-electron chi connectivity index (χ3n) is 3.72. The van der Waals surface area contributed by atoms with E-state index < -0.39 is 0 Å². The number of likely N-dealkylation sites (tertiary alicyclic amines) is 1. The van der Waals surface area contributed by atoms with E-state index >= 15 is 0 Å². The zero-order valence-corrected chi connectivity index (χ0v) is 11.9. The lowest BCUT2D eigenvalue weighted by atomic mass is 9.98. The van der Waals surface area contributed by atoms with Crippen LogP contribution in [0.1, 0.15) is 12.8 Å². The average Bonchev–Trinajstić information content (AvgIpc) is 2.95. The maximum absolute atomic E-state index is 5.05. The molecule has 1 N–H and O–H groups in total. The van der Waals surface area contributed by atoms with Crippen LogP contribution in [0.3, 0.4) is 0 Å². The third-order valence-corrected chi connectivity index (χ3v) is 3.72. The summed E-state index contributed by atoms with van der Waals surface area (Å²) in [6.07, 6.45) is 6.54. The molecule has 0 spiro atoms. The fourth-order valence-electron chi connectivity index (χ4n) is 2.68. The smallest absolute Gasteiger partial charge is 0.0587 e. The highest BCUT2D eigenvalue weighted by molar-refractivity contribution is 4.79. The Morgan fingerprint density at radius 3 is 3.16 bits per heavy atom. The number of ether oxygens (including phenoxy) is 1. The fraction of sp³-hybridized carbons (Fsp3) is 0.786. The van der Waals surface area contributed by atoms with Gasteiger partial charge in [-0.1, -0.05) is 0 Å². The van der Waals surface area contributed by atoms with Gasteiger partial charge in [0.05, 0.1) is 13.2 Å². The normalized spacial score (nSPS) is 20.8. The summed E-state index contributed by atoms with van der Waals surface area (Å²) in [6, 6.07) is 1.98. The first-order chi connectivity index (χ1) is 9.38. The molecular formula is C14H26N4O. The van der Waals surface area contributed by atoms with Crippen LogP contribution in [0.4, 0.5) is 0 Å². The standard InChI is InChI=1S/C14H26N4O/c1-19-11-6-15-12-14-4-2-7-17(13-14)9-10-18-8-3-5-16-18/h3,5,8,14-15H,2,4,6-7,9-13H2,1H3. The number of piperidine rings is 1. The molecule has 1 fully saturated rings. The van der Waals surface area contributed by atoms with E-state index in [0.29, 0.717) is 0 Å². The number of hydrogen-bond donors (Lipinski definition) is 1. The van der Waals surface area contributed by atoms with Crippen LogP contribution < -0.4 is 5.32 Å². The number of nitrogens with one attached hydrogen (secondary N) is 1. The van der Waals surface area contributed by atoms with Crippen LogP contribution in [0.2, 0.25) is 0 Å². The van der Waals surface area contributed by atoms with E-state index in [2.05, 4.69) is 15.3 Å². The highest BCUT2D eigenvalue weighted by Gasteiger charge is 2.19. The van der Waals surface area contributed by atoms with Gasteiger partial charge in [-0.05, 0) is 37.9 Å². The van der Waals surface area contributed by atoms with Gasteiger partial charge in [0.15, 0.2) is 0 Å². The molecule has 0 aromatic carbocycles. The number of hydrogen-bond acceptors (Lipinski definition) is 4. The van der Waals surface area contributed by atoms with Crippen molar-refractivity contribution in [2.75, 3.05) is 46.4 Å². The Balaban J connectivity index is 1.62. The van der Waals surface area contributed by atoms with Gasteiger partial charge >= 0.3 is 0 Å². The summed E-state index contributed by atoms with van der Waals surface area (Å²) in [6.45, 7) is 7.42. The average molecular weight is 266 g/mol. The predicted octanol–water partition coefficient (Wildman–Crippen LogP) is 0.831. The third kappa shape index (κ3) is 5.30. The topological polar surface area (TPSA) is 42.3 Å². The van der Waals surface area contributed by atoms with Crippen molar-refractivity contribution in [1.29, 1.82) is 0 Å². The molecule has 0 aliphatic carbocycles. The van der Waals surface area contributed by atoms with Crippen molar-refractivity contribution in [2.45, 2.75) is 19.4 Å². The summed E-state index contributed by atoms with van der Waals surface area (Å²) in [5.41, 5.74) is 0. The minimum absolute atomic E-state index is 0.781. The first kappa shape index (κ1) is 14.5. The lowest BCUT2D eigenvalue weighted by Crippen LogP contribution is -2.41. The van der Waals surface area contributed by atoms with Crippen LogP contribution in [0.15, 0.2) is 18.5 Å². The maximum atomic E-state index is 5.05. The highest BCUT2D eigenvalue weighted by Crippen LogP contribution is 2.15. The number of rotatable bonds is 8. The van der Waals surface area contributed by atoms with E-state index in [-0.39, 0.29) is 0 Å². The van der Waals surface area contributed by atoms with Gasteiger partial charge in [-0.3, -0.25) is 4.68 Å². The molecule has 1 atom stereocenters. The van der Waals surface area contributed by atoms with E-state index in [0.717, 1.165) is 38.7 Å². The lowest BCUT2D eigenvalue weighted by molar-refractivity contribution is 0.159. The molecule has 1 aromatic rings. The molecule has 1 unspecified atom stereocenters. The second-order valence-corrected chi connectivity index (χ2v) is 5.27. The van der Waals surface area contributed by atoms with Gasteiger partial charge in [-0.2, -0.15) is 5.10 Å². The Kier molecular flexibility index (Phi) is 6.33. The zero-order chi connectivity index (χ0) is 13.3. The van der Waals surface area contributed by atoms with Gasteiger partial charge in [0.1, 0.15) is 0 Å². The van der Waals surface area contributed by atoms with E-state index in [4.69, 9.17) is 4.74 Å². The van der Waals surface area contributed by atoms with Gasteiger partial charge in [-0.15, -0.1) is 0 Å². The van der Waals surface area contributed by atoms with Crippen molar-refractivity contribution in [1.82, 2.24) is 20.0 Å². The second kappa shape index (κ2) is 8.30. The summed E-state index contributed by atoms with van der Waals surface area (Å²) >= 11 is 0. The van der Waals surface area contributed by atoms with E-state index in [1.807, 2.05) is 23.1 Å². The Labute approximate surface area is 115 Å². The van der Waals surface area contributed by atoms with Crippen LogP contribution in [-0.2, 0) is 11.3 Å². The van der Waals surface area contributed by atoms with Crippen molar-refractivity contribution in [3.8, 4) is 0 Å². The molecule has 5 nitrogen and oxygen atoms in total. The van der Waals surface area contributed by atoms with Gasteiger partial charge in [0, 0.05) is 39.1 Å². The van der Waals surface area contributed by atoms with E-state index in [1.54, 1.807) is 7.11 Å². The van der Waals surface area contributed by atoms with E-state index in [9.17, 15) is 0 Å². The predicted molar refractivity (Wildman–Crippen MR) is 76.1 cm³/mol.